The van der Waals surface area contributed by atoms with E-state index < -0.39 is 11.8 Å². The molecule has 34 heavy (non-hydrogen) atoms. The highest BCUT2D eigenvalue weighted by molar-refractivity contribution is 7.81. The number of hydrogen-bond donors (Lipinski definition) is 0. The molecule has 0 aliphatic carbocycles. The molecule has 0 unspecified atom stereocenters. The number of nitrogens with zero attached hydrogens (tertiary/aromatic N) is 2. The quantitative estimate of drug-likeness (QED) is 0.255. The van der Waals surface area contributed by atoms with E-state index in [0.29, 0.717) is 27.7 Å². The van der Waals surface area contributed by atoms with Gasteiger partial charge in [0.15, 0.2) is 5.11 Å². The molecule has 172 valence electrons. The van der Waals surface area contributed by atoms with Crippen LogP contribution in [0.3, 0.4) is 0 Å². The van der Waals surface area contributed by atoms with Crippen molar-refractivity contribution in [2.24, 2.45) is 0 Å². The molecule has 0 saturated carbocycles. The Kier molecular flexibility index (Phi) is 6.55. The molecule has 1 heterocycles. The van der Waals surface area contributed by atoms with Crippen molar-refractivity contribution in [1.82, 2.24) is 0 Å². The van der Waals surface area contributed by atoms with Crippen molar-refractivity contribution in [2.75, 3.05) is 16.9 Å². The van der Waals surface area contributed by atoms with E-state index in [1.807, 2.05) is 32.9 Å². The molecule has 0 spiro atoms. The number of carbonyl (C=O) groups is 2. The maximum atomic E-state index is 13.8. The minimum Gasteiger partial charge on any atom is -0.497 e. The van der Waals surface area contributed by atoms with Gasteiger partial charge in [-0.3, -0.25) is 19.4 Å². The summed E-state index contributed by atoms with van der Waals surface area (Å²) >= 11 is 12.1. The first-order chi connectivity index (χ1) is 16.2. The smallest absolute Gasteiger partial charge is 0.270 e. The summed E-state index contributed by atoms with van der Waals surface area (Å²) in [5.74, 6) is -0.457. The van der Waals surface area contributed by atoms with Gasteiger partial charge in [0.25, 0.3) is 11.8 Å². The first kappa shape index (κ1) is 23.7. The van der Waals surface area contributed by atoms with Crippen LogP contribution in [0, 0.1) is 20.8 Å². The third-order valence-electron chi connectivity index (χ3n) is 5.63. The molecule has 1 fully saturated rings. The Morgan fingerprint density at radius 3 is 2.18 bits per heavy atom. The van der Waals surface area contributed by atoms with E-state index >= 15 is 0 Å². The molecule has 0 N–H and O–H groups in total. The van der Waals surface area contributed by atoms with Crippen molar-refractivity contribution >= 4 is 58.2 Å². The number of rotatable bonds is 4. The predicted molar refractivity (Wildman–Crippen MR) is 141 cm³/mol. The van der Waals surface area contributed by atoms with Gasteiger partial charge in [0.2, 0.25) is 0 Å². The van der Waals surface area contributed by atoms with Crippen molar-refractivity contribution in [3.63, 3.8) is 0 Å². The number of carbonyl (C=O) groups excluding carboxylic acids is 2. The van der Waals surface area contributed by atoms with Crippen LogP contribution in [-0.4, -0.2) is 24.0 Å². The standard InChI is InChI=1S/C27H23ClN2O3S/c1-16-12-17(2)24(18(3)13-16)30-26(32)22(14-19-8-5-6-11-23(19)28)25(31)29(27(30)34)20-9-7-10-21(15-20)33-4/h5-15H,1-4H3/b22-14+. The molecule has 0 atom stereocenters. The SMILES string of the molecule is COc1cccc(N2C(=O)/C(=C\c3ccccc3Cl)C(=O)N(c3c(C)cc(C)cc3C)C2=S)c1. The van der Waals surface area contributed by atoms with Gasteiger partial charge >= 0.3 is 0 Å². The number of hydrogen-bond acceptors (Lipinski definition) is 4. The van der Waals surface area contributed by atoms with Crippen molar-refractivity contribution in [2.45, 2.75) is 20.8 Å². The number of amides is 2. The van der Waals surface area contributed by atoms with Crippen molar-refractivity contribution in [3.05, 3.63) is 93.5 Å². The summed E-state index contributed by atoms with van der Waals surface area (Å²) in [6, 6.07) is 18.0. The minimum absolute atomic E-state index is 0.0381. The highest BCUT2D eigenvalue weighted by atomic mass is 35.5. The van der Waals surface area contributed by atoms with E-state index in [4.69, 9.17) is 28.6 Å². The second-order valence-corrected chi connectivity index (χ2v) is 8.86. The topological polar surface area (TPSA) is 49.9 Å². The lowest BCUT2D eigenvalue weighted by Crippen LogP contribution is -2.57. The monoisotopic (exact) mass is 490 g/mol. The van der Waals surface area contributed by atoms with Gasteiger partial charge in [-0.05, 0) is 74.0 Å². The Balaban J connectivity index is 1.95. The van der Waals surface area contributed by atoms with Crippen LogP contribution in [0.2, 0.25) is 5.02 Å². The fourth-order valence-electron chi connectivity index (χ4n) is 4.18. The first-order valence-corrected chi connectivity index (χ1v) is 11.4. The summed E-state index contributed by atoms with van der Waals surface area (Å²) in [6.45, 7) is 5.85. The Bertz CT molecular complexity index is 1340. The zero-order chi connectivity index (χ0) is 24.6. The van der Waals surface area contributed by atoms with E-state index in [1.54, 1.807) is 55.6 Å². The average Bonchev–Trinajstić information content (AvgIpc) is 2.79. The summed E-state index contributed by atoms with van der Waals surface area (Å²) in [7, 11) is 1.55. The Morgan fingerprint density at radius 2 is 1.53 bits per heavy atom. The van der Waals surface area contributed by atoms with Gasteiger partial charge in [0.1, 0.15) is 11.3 Å². The summed E-state index contributed by atoms with van der Waals surface area (Å²) in [6.07, 6.45) is 1.52. The van der Waals surface area contributed by atoms with Crippen LogP contribution >= 0.6 is 23.8 Å². The molecular weight excluding hydrogens is 468 g/mol. The molecule has 1 aliphatic heterocycles. The molecule has 7 heteroatoms. The number of methoxy groups -OCH3 is 1. The van der Waals surface area contributed by atoms with Gasteiger partial charge in [-0.15, -0.1) is 0 Å². The number of aryl methyl sites for hydroxylation is 3. The van der Waals surface area contributed by atoms with Gasteiger partial charge < -0.3 is 4.74 Å². The molecule has 0 radical (unpaired) electrons. The Labute approximate surface area is 209 Å². The van der Waals surface area contributed by atoms with Crippen LogP contribution in [0.1, 0.15) is 22.3 Å². The second-order valence-electron chi connectivity index (χ2n) is 8.09. The van der Waals surface area contributed by atoms with Crippen molar-refractivity contribution < 1.29 is 14.3 Å². The van der Waals surface area contributed by atoms with E-state index in [2.05, 4.69) is 0 Å². The Morgan fingerprint density at radius 1 is 0.882 bits per heavy atom. The summed E-state index contributed by atoms with van der Waals surface area (Å²) in [4.78, 5) is 30.3. The molecule has 1 aliphatic rings. The third-order valence-corrected chi connectivity index (χ3v) is 6.33. The summed E-state index contributed by atoms with van der Waals surface area (Å²) in [5.41, 5.74) is 4.52. The second kappa shape index (κ2) is 9.41. The largest absolute Gasteiger partial charge is 0.497 e. The normalized spacial score (nSPS) is 15.3. The molecule has 1 saturated heterocycles. The number of halogens is 1. The van der Waals surface area contributed by atoms with Gasteiger partial charge in [0, 0.05) is 11.1 Å². The molecule has 3 aromatic rings. The lowest BCUT2D eigenvalue weighted by Gasteiger charge is -2.38. The number of ether oxygens (including phenoxy) is 1. The fraction of sp³-hybridized carbons (Fsp3) is 0.148. The molecular formula is C27H23ClN2O3S. The molecule has 0 bridgehead atoms. The number of anilines is 2. The van der Waals surface area contributed by atoms with E-state index in [-0.39, 0.29) is 10.7 Å². The average molecular weight is 491 g/mol. The molecule has 4 rings (SSSR count). The fourth-order valence-corrected chi connectivity index (χ4v) is 4.73. The highest BCUT2D eigenvalue weighted by Gasteiger charge is 2.42. The van der Waals surface area contributed by atoms with E-state index in [0.717, 1.165) is 16.7 Å². The lowest BCUT2D eigenvalue weighted by atomic mass is 10.0. The molecule has 3 aromatic carbocycles. The van der Waals surface area contributed by atoms with Crippen LogP contribution in [-0.2, 0) is 9.59 Å². The lowest BCUT2D eigenvalue weighted by molar-refractivity contribution is -0.120. The third kappa shape index (κ3) is 4.22. The van der Waals surface area contributed by atoms with Crippen molar-refractivity contribution in [3.8, 4) is 5.75 Å². The number of thiocarbonyl (C=S) groups is 1. The number of benzene rings is 3. The van der Waals surface area contributed by atoms with Gasteiger partial charge in [-0.2, -0.15) is 0 Å². The van der Waals surface area contributed by atoms with Crippen LogP contribution in [0.15, 0.2) is 66.2 Å². The predicted octanol–water partition coefficient (Wildman–Crippen LogP) is 6.02. The van der Waals surface area contributed by atoms with E-state index in [1.165, 1.54) is 15.9 Å². The van der Waals surface area contributed by atoms with Crippen molar-refractivity contribution in [1.29, 1.82) is 0 Å². The molecule has 0 aromatic heterocycles. The van der Waals surface area contributed by atoms with E-state index in [9.17, 15) is 9.59 Å². The highest BCUT2D eigenvalue weighted by Crippen LogP contribution is 2.35. The van der Waals surface area contributed by atoms with Crippen LogP contribution in [0.25, 0.3) is 6.08 Å². The zero-order valence-electron chi connectivity index (χ0n) is 19.3. The van der Waals surface area contributed by atoms with Crippen LogP contribution < -0.4 is 14.5 Å². The van der Waals surface area contributed by atoms with Crippen LogP contribution in [0.5, 0.6) is 5.75 Å². The minimum atomic E-state index is -0.526. The maximum absolute atomic E-state index is 13.8. The summed E-state index contributed by atoms with van der Waals surface area (Å²) in [5, 5.41) is 0.514. The molecule has 2 amide bonds. The molecule has 5 nitrogen and oxygen atoms in total. The van der Waals surface area contributed by atoms with Gasteiger partial charge in [-0.1, -0.05) is 53.6 Å². The van der Waals surface area contributed by atoms with Gasteiger partial charge in [0.05, 0.1) is 18.5 Å². The zero-order valence-corrected chi connectivity index (χ0v) is 20.8. The Hall–Kier alpha value is -3.48. The van der Waals surface area contributed by atoms with Crippen LogP contribution in [0.4, 0.5) is 11.4 Å². The summed E-state index contributed by atoms with van der Waals surface area (Å²) < 4.78 is 5.34. The van der Waals surface area contributed by atoms with Gasteiger partial charge in [-0.25, -0.2) is 0 Å². The first-order valence-electron chi connectivity index (χ1n) is 10.6. The maximum Gasteiger partial charge on any atom is 0.270 e.